The van der Waals surface area contributed by atoms with Crippen molar-refractivity contribution < 1.29 is 18.3 Å². The van der Waals surface area contributed by atoms with Crippen LogP contribution in [0.3, 0.4) is 0 Å². The predicted molar refractivity (Wildman–Crippen MR) is 81.9 cm³/mol. The molecule has 122 valence electrons. The lowest BCUT2D eigenvalue weighted by atomic mass is 9.77. The molecule has 0 heterocycles. The van der Waals surface area contributed by atoms with Crippen LogP contribution in [0.25, 0.3) is 0 Å². The molecule has 1 aromatic rings. The molecule has 0 spiro atoms. The summed E-state index contributed by atoms with van der Waals surface area (Å²) in [6.45, 7) is 3.33. The number of carbonyl (C=O) groups excluding carboxylic acids is 1. The molecule has 1 aliphatic rings. The number of benzene rings is 1. The van der Waals surface area contributed by atoms with Gasteiger partial charge in [0.25, 0.3) is 0 Å². The van der Waals surface area contributed by atoms with Crippen LogP contribution in [0.15, 0.2) is 12.1 Å². The molecule has 0 saturated heterocycles. The lowest BCUT2D eigenvalue weighted by Crippen LogP contribution is -2.14. The topological polar surface area (TPSA) is 26.3 Å². The summed E-state index contributed by atoms with van der Waals surface area (Å²) in [6, 6.07) is 2.64. The van der Waals surface area contributed by atoms with E-state index in [2.05, 4.69) is 11.7 Å². The van der Waals surface area contributed by atoms with Gasteiger partial charge in [0.1, 0.15) is 0 Å². The van der Waals surface area contributed by atoms with Crippen molar-refractivity contribution in [1.82, 2.24) is 0 Å². The highest BCUT2D eigenvalue weighted by Gasteiger charge is 2.24. The molecular formula is C18H24F2O2. The second-order valence-corrected chi connectivity index (χ2v) is 6.27. The van der Waals surface area contributed by atoms with Gasteiger partial charge in [-0.2, -0.15) is 0 Å². The molecule has 0 N–H and O–H groups in total. The Hall–Kier alpha value is -1.45. The van der Waals surface area contributed by atoms with Crippen molar-refractivity contribution in [3.8, 4) is 5.75 Å². The van der Waals surface area contributed by atoms with Crippen LogP contribution in [0.4, 0.5) is 8.78 Å². The van der Waals surface area contributed by atoms with Crippen molar-refractivity contribution in [1.29, 1.82) is 0 Å². The zero-order valence-corrected chi connectivity index (χ0v) is 13.3. The SMILES string of the molecule is CCCCC1CCC(c2cc(F)c(OC(C)=O)c(F)c2)CC1. The molecule has 4 heteroatoms. The van der Waals surface area contributed by atoms with Crippen LogP contribution < -0.4 is 4.74 Å². The lowest BCUT2D eigenvalue weighted by molar-refractivity contribution is -0.132. The molecule has 0 amide bonds. The third-order valence-corrected chi connectivity index (χ3v) is 4.55. The Labute approximate surface area is 130 Å². The van der Waals surface area contributed by atoms with Crippen molar-refractivity contribution in [2.75, 3.05) is 0 Å². The van der Waals surface area contributed by atoms with Gasteiger partial charge in [0.15, 0.2) is 11.6 Å². The van der Waals surface area contributed by atoms with E-state index in [0.717, 1.165) is 38.5 Å². The molecule has 22 heavy (non-hydrogen) atoms. The van der Waals surface area contributed by atoms with Crippen molar-refractivity contribution in [2.45, 2.75) is 64.7 Å². The Balaban J connectivity index is 2.03. The Kier molecular flexibility index (Phi) is 5.92. The summed E-state index contributed by atoms with van der Waals surface area (Å²) < 4.78 is 32.5. The number of unbranched alkanes of at least 4 members (excludes halogenated alkanes) is 1. The van der Waals surface area contributed by atoms with Crippen LogP contribution in [-0.2, 0) is 4.79 Å². The van der Waals surface area contributed by atoms with Gasteiger partial charge in [0.05, 0.1) is 0 Å². The minimum atomic E-state index is -0.793. The average Bonchev–Trinajstić information content (AvgIpc) is 2.49. The monoisotopic (exact) mass is 310 g/mol. The van der Waals surface area contributed by atoms with Crippen molar-refractivity contribution >= 4 is 5.97 Å². The Morgan fingerprint density at radius 2 is 1.77 bits per heavy atom. The molecule has 0 atom stereocenters. The minimum absolute atomic E-state index is 0.202. The number of esters is 1. The fraction of sp³-hybridized carbons (Fsp3) is 0.611. The Morgan fingerprint density at radius 1 is 1.18 bits per heavy atom. The highest BCUT2D eigenvalue weighted by Crippen LogP contribution is 2.39. The number of hydrogen-bond donors (Lipinski definition) is 0. The third kappa shape index (κ3) is 4.28. The maximum atomic E-state index is 14.0. The Morgan fingerprint density at radius 3 is 2.27 bits per heavy atom. The molecule has 1 aliphatic carbocycles. The first-order valence-electron chi connectivity index (χ1n) is 8.18. The second-order valence-electron chi connectivity index (χ2n) is 6.27. The molecule has 0 radical (unpaired) electrons. The fourth-order valence-electron chi connectivity index (χ4n) is 3.33. The van der Waals surface area contributed by atoms with E-state index in [1.165, 1.54) is 31.4 Å². The molecular weight excluding hydrogens is 286 g/mol. The van der Waals surface area contributed by atoms with Gasteiger partial charge in [-0.05, 0) is 55.2 Å². The summed E-state index contributed by atoms with van der Waals surface area (Å²) >= 11 is 0. The number of halogens is 2. The van der Waals surface area contributed by atoms with E-state index in [0.29, 0.717) is 5.56 Å². The highest BCUT2D eigenvalue weighted by atomic mass is 19.1. The third-order valence-electron chi connectivity index (χ3n) is 4.55. The minimum Gasteiger partial charge on any atom is -0.420 e. The molecule has 0 unspecified atom stereocenters. The molecule has 1 aromatic carbocycles. The maximum Gasteiger partial charge on any atom is 0.308 e. The standard InChI is InChI=1S/C18H24F2O2/c1-3-4-5-13-6-8-14(9-7-13)15-10-16(19)18(17(20)11-15)22-12(2)21/h10-11,13-14H,3-9H2,1-2H3. The van der Waals surface area contributed by atoms with Crippen molar-refractivity contribution in [3.05, 3.63) is 29.3 Å². The average molecular weight is 310 g/mol. The number of hydrogen-bond acceptors (Lipinski definition) is 2. The van der Waals surface area contributed by atoms with Gasteiger partial charge in [0, 0.05) is 6.92 Å². The molecule has 2 rings (SSSR count). The van der Waals surface area contributed by atoms with E-state index in [1.807, 2.05) is 0 Å². The first-order chi connectivity index (χ1) is 10.5. The summed E-state index contributed by atoms with van der Waals surface area (Å²) in [6.07, 6.45) is 7.93. The zero-order chi connectivity index (χ0) is 16.1. The number of carbonyl (C=O) groups is 1. The van der Waals surface area contributed by atoms with E-state index in [4.69, 9.17) is 0 Å². The first-order valence-corrected chi connectivity index (χ1v) is 8.18. The Bertz CT molecular complexity index is 497. The van der Waals surface area contributed by atoms with Crippen LogP contribution in [-0.4, -0.2) is 5.97 Å². The maximum absolute atomic E-state index is 14.0. The van der Waals surface area contributed by atoms with Crippen LogP contribution >= 0.6 is 0 Å². The van der Waals surface area contributed by atoms with E-state index in [1.54, 1.807) is 0 Å². The van der Waals surface area contributed by atoms with Gasteiger partial charge in [-0.25, -0.2) is 8.78 Å². The van der Waals surface area contributed by atoms with E-state index < -0.39 is 23.4 Å². The van der Waals surface area contributed by atoms with Crippen LogP contribution in [0.2, 0.25) is 0 Å². The van der Waals surface area contributed by atoms with E-state index in [-0.39, 0.29) is 5.92 Å². The summed E-state index contributed by atoms with van der Waals surface area (Å²) in [7, 11) is 0. The van der Waals surface area contributed by atoms with Gasteiger partial charge in [0.2, 0.25) is 5.75 Å². The lowest BCUT2D eigenvalue weighted by Gasteiger charge is -2.29. The van der Waals surface area contributed by atoms with Crippen LogP contribution in [0.1, 0.15) is 70.3 Å². The largest absolute Gasteiger partial charge is 0.420 e. The molecule has 0 aliphatic heterocycles. The molecule has 1 saturated carbocycles. The fourth-order valence-corrected chi connectivity index (χ4v) is 3.33. The smallest absolute Gasteiger partial charge is 0.308 e. The normalized spacial score (nSPS) is 21.6. The van der Waals surface area contributed by atoms with Crippen molar-refractivity contribution in [3.63, 3.8) is 0 Å². The van der Waals surface area contributed by atoms with Gasteiger partial charge in [-0.15, -0.1) is 0 Å². The molecule has 0 aromatic heterocycles. The van der Waals surface area contributed by atoms with Gasteiger partial charge in [-0.1, -0.05) is 26.2 Å². The van der Waals surface area contributed by atoms with Gasteiger partial charge >= 0.3 is 5.97 Å². The predicted octanol–water partition coefficient (Wildman–Crippen LogP) is 5.35. The van der Waals surface area contributed by atoms with Crippen molar-refractivity contribution in [2.24, 2.45) is 5.92 Å². The van der Waals surface area contributed by atoms with Crippen LogP contribution in [0, 0.1) is 17.6 Å². The number of rotatable bonds is 5. The van der Waals surface area contributed by atoms with E-state index >= 15 is 0 Å². The summed E-state index contributed by atoms with van der Waals surface area (Å²) in [4.78, 5) is 10.9. The summed E-state index contributed by atoms with van der Waals surface area (Å²) in [5, 5.41) is 0. The zero-order valence-electron chi connectivity index (χ0n) is 13.3. The van der Waals surface area contributed by atoms with Crippen LogP contribution in [0.5, 0.6) is 5.75 Å². The second kappa shape index (κ2) is 7.70. The molecule has 0 bridgehead atoms. The van der Waals surface area contributed by atoms with E-state index in [9.17, 15) is 13.6 Å². The molecule has 1 fully saturated rings. The first kappa shape index (κ1) is 16.9. The van der Waals surface area contributed by atoms with Gasteiger partial charge in [-0.3, -0.25) is 4.79 Å². The highest BCUT2D eigenvalue weighted by molar-refractivity contribution is 5.69. The molecule has 2 nitrogen and oxygen atoms in total. The number of ether oxygens (including phenoxy) is 1. The summed E-state index contributed by atoms with van der Waals surface area (Å²) in [5.74, 6) is -1.94. The van der Waals surface area contributed by atoms with Gasteiger partial charge < -0.3 is 4.74 Å². The summed E-state index contributed by atoms with van der Waals surface area (Å²) in [5.41, 5.74) is 0.680. The quantitative estimate of drug-likeness (QED) is 0.541.